The minimum atomic E-state index is -0.952. The topological polar surface area (TPSA) is 63.3 Å². The van der Waals surface area contributed by atoms with Crippen LogP contribution in [-0.2, 0) is 6.42 Å². The first-order valence-corrected chi connectivity index (χ1v) is 9.33. The number of fused-ring (bicyclic) bond motifs is 1. The molecule has 0 amide bonds. The maximum absolute atomic E-state index is 11.7. The van der Waals surface area contributed by atoms with E-state index in [-0.39, 0.29) is 5.56 Å². The molecule has 1 aromatic carbocycles. The van der Waals surface area contributed by atoms with Gasteiger partial charge in [0.25, 0.3) is 0 Å². The van der Waals surface area contributed by atoms with Crippen molar-refractivity contribution in [1.29, 1.82) is 0 Å². The molecule has 3 rings (SSSR count). The van der Waals surface area contributed by atoms with Crippen molar-refractivity contribution in [3.8, 4) is 11.5 Å². The first kappa shape index (κ1) is 18.2. The Hall–Kier alpha value is -2.62. The number of para-hydroxylation sites is 1. The van der Waals surface area contributed by atoms with Gasteiger partial charge < -0.3 is 9.52 Å². The molecule has 4 heteroatoms. The van der Waals surface area contributed by atoms with Gasteiger partial charge >= 0.3 is 5.97 Å². The molecule has 0 spiro atoms. The number of aryl methyl sites for hydroxylation is 2. The summed E-state index contributed by atoms with van der Waals surface area (Å²) < 4.78 is 5.94. The second kappa shape index (κ2) is 8.17. The Morgan fingerprint density at radius 1 is 1.12 bits per heavy atom. The third-order valence-corrected chi connectivity index (χ3v) is 4.71. The van der Waals surface area contributed by atoms with Crippen LogP contribution in [0.15, 0.2) is 40.8 Å². The number of benzene rings is 1. The Bertz CT molecular complexity index is 911. The minimum absolute atomic E-state index is 0.256. The molecule has 0 aliphatic rings. The average Bonchev–Trinajstić information content (AvgIpc) is 3.10. The van der Waals surface area contributed by atoms with Crippen molar-refractivity contribution >= 4 is 16.9 Å². The van der Waals surface area contributed by atoms with E-state index in [1.165, 1.54) is 25.7 Å². The van der Waals surface area contributed by atoms with Crippen LogP contribution >= 0.6 is 0 Å². The number of hydrogen-bond donors (Lipinski definition) is 1. The van der Waals surface area contributed by atoms with Gasteiger partial charge in [-0.15, -0.1) is 0 Å². The largest absolute Gasteiger partial charge is 0.478 e. The number of furan rings is 1. The molecule has 1 N–H and O–H groups in total. The Balaban J connectivity index is 1.86. The average molecular weight is 351 g/mol. The van der Waals surface area contributed by atoms with Gasteiger partial charge in [0.2, 0.25) is 0 Å². The summed E-state index contributed by atoms with van der Waals surface area (Å²) in [5.41, 5.74) is 2.49. The smallest absolute Gasteiger partial charge is 0.336 e. The van der Waals surface area contributed by atoms with Gasteiger partial charge in [-0.25, -0.2) is 9.78 Å². The van der Waals surface area contributed by atoms with E-state index in [1.54, 1.807) is 12.1 Å². The summed E-state index contributed by atoms with van der Waals surface area (Å²) in [6.07, 6.45) is 7.00. The molecule has 0 atom stereocenters. The Morgan fingerprint density at radius 2 is 1.92 bits per heavy atom. The minimum Gasteiger partial charge on any atom is -0.478 e. The van der Waals surface area contributed by atoms with E-state index in [9.17, 15) is 9.90 Å². The lowest BCUT2D eigenvalue weighted by atomic mass is 10.0. The van der Waals surface area contributed by atoms with E-state index >= 15 is 0 Å². The van der Waals surface area contributed by atoms with Crippen molar-refractivity contribution in [3.05, 3.63) is 53.3 Å². The molecule has 0 aliphatic carbocycles. The molecule has 0 saturated heterocycles. The molecule has 2 heterocycles. The van der Waals surface area contributed by atoms with Gasteiger partial charge in [-0.2, -0.15) is 0 Å². The lowest BCUT2D eigenvalue weighted by Gasteiger charge is -2.07. The third kappa shape index (κ3) is 3.96. The number of aromatic carboxylic acids is 1. The van der Waals surface area contributed by atoms with Crippen LogP contribution in [0.3, 0.4) is 0 Å². The van der Waals surface area contributed by atoms with E-state index in [2.05, 4.69) is 11.9 Å². The number of rotatable bonds is 8. The molecule has 4 nitrogen and oxygen atoms in total. The summed E-state index contributed by atoms with van der Waals surface area (Å²) in [6.45, 7) is 4.15. The molecule has 0 bridgehead atoms. The van der Waals surface area contributed by atoms with Crippen LogP contribution < -0.4 is 0 Å². The first-order valence-electron chi connectivity index (χ1n) is 9.33. The normalized spacial score (nSPS) is 11.2. The quantitative estimate of drug-likeness (QED) is 0.504. The monoisotopic (exact) mass is 351 g/mol. The Kier molecular flexibility index (Phi) is 5.71. The van der Waals surface area contributed by atoms with Crippen LogP contribution in [0, 0.1) is 6.92 Å². The molecule has 2 aromatic heterocycles. The van der Waals surface area contributed by atoms with Gasteiger partial charge in [0.1, 0.15) is 11.5 Å². The number of hydrogen-bond acceptors (Lipinski definition) is 3. The van der Waals surface area contributed by atoms with Gasteiger partial charge in [0.05, 0.1) is 11.1 Å². The van der Waals surface area contributed by atoms with Gasteiger partial charge in [-0.05, 0) is 37.1 Å². The number of aromatic nitrogens is 1. The van der Waals surface area contributed by atoms with Crippen molar-refractivity contribution in [2.75, 3.05) is 0 Å². The lowest BCUT2D eigenvalue weighted by molar-refractivity contribution is 0.0699. The number of nitrogens with zero attached hydrogens (tertiary/aromatic N) is 1. The zero-order chi connectivity index (χ0) is 18.5. The Morgan fingerprint density at radius 3 is 2.69 bits per heavy atom. The fourth-order valence-corrected chi connectivity index (χ4v) is 3.25. The fraction of sp³-hybridized carbons (Fsp3) is 0.364. The predicted molar refractivity (Wildman–Crippen MR) is 104 cm³/mol. The molecule has 0 unspecified atom stereocenters. The van der Waals surface area contributed by atoms with E-state index < -0.39 is 5.97 Å². The number of unbranched alkanes of at least 4 members (excludes halogenated alkanes) is 4. The number of carbonyl (C=O) groups is 1. The molecule has 0 fully saturated rings. The van der Waals surface area contributed by atoms with Crippen molar-refractivity contribution in [1.82, 2.24) is 4.98 Å². The standard InChI is InChI=1S/C22H25NO3/c1-3-4-5-6-7-10-16-12-13-20(26-16)19-14-18(22(24)25)17-11-8-9-15(2)21(17)23-19/h8-9,11-14H,3-7,10H2,1-2H3,(H,24,25). The van der Waals surface area contributed by atoms with Crippen LogP contribution in [0.1, 0.15) is 60.7 Å². The van der Waals surface area contributed by atoms with E-state index in [1.807, 2.05) is 31.2 Å². The maximum Gasteiger partial charge on any atom is 0.336 e. The van der Waals surface area contributed by atoms with Crippen molar-refractivity contribution in [2.45, 2.75) is 52.4 Å². The molecule has 0 radical (unpaired) electrons. The summed E-state index contributed by atoms with van der Waals surface area (Å²) >= 11 is 0. The van der Waals surface area contributed by atoms with Crippen LogP contribution in [0.2, 0.25) is 0 Å². The van der Waals surface area contributed by atoms with E-state index in [0.29, 0.717) is 22.4 Å². The van der Waals surface area contributed by atoms with E-state index in [0.717, 1.165) is 24.2 Å². The van der Waals surface area contributed by atoms with Crippen molar-refractivity contribution in [3.63, 3.8) is 0 Å². The SMILES string of the molecule is CCCCCCCc1ccc(-c2cc(C(=O)O)c3cccc(C)c3n2)o1. The summed E-state index contributed by atoms with van der Waals surface area (Å²) in [6, 6.07) is 11.1. The zero-order valence-electron chi connectivity index (χ0n) is 15.4. The molecule has 0 aliphatic heterocycles. The molecular formula is C22H25NO3. The van der Waals surface area contributed by atoms with Crippen LogP contribution in [0.4, 0.5) is 0 Å². The van der Waals surface area contributed by atoms with E-state index in [4.69, 9.17) is 4.42 Å². The number of carboxylic acid groups (broad SMARTS) is 1. The van der Waals surface area contributed by atoms with Gasteiger partial charge in [0.15, 0.2) is 5.76 Å². The van der Waals surface area contributed by atoms with Crippen LogP contribution in [0.25, 0.3) is 22.4 Å². The highest BCUT2D eigenvalue weighted by atomic mass is 16.4. The molecule has 0 saturated carbocycles. The highest BCUT2D eigenvalue weighted by Gasteiger charge is 2.15. The lowest BCUT2D eigenvalue weighted by Crippen LogP contribution is -2.00. The number of carboxylic acids is 1. The van der Waals surface area contributed by atoms with Crippen molar-refractivity contribution in [2.24, 2.45) is 0 Å². The fourth-order valence-electron chi connectivity index (χ4n) is 3.25. The molecule has 3 aromatic rings. The summed E-state index contributed by atoms with van der Waals surface area (Å²) in [5, 5.41) is 10.2. The number of pyridine rings is 1. The highest BCUT2D eigenvalue weighted by Crippen LogP contribution is 2.28. The van der Waals surface area contributed by atoms with Gasteiger partial charge in [-0.3, -0.25) is 0 Å². The van der Waals surface area contributed by atoms with Gasteiger partial charge in [0, 0.05) is 11.8 Å². The maximum atomic E-state index is 11.7. The molecule has 26 heavy (non-hydrogen) atoms. The van der Waals surface area contributed by atoms with Crippen molar-refractivity contribution < 1.29 is 14.3 Å². The first-order chi connectivity index (χ1) is 12.6. The second-order valence-corrected chi connectivity index (χ2v) is 6.76. The second-order valence-electron chi connectivity index (χ2n) is 6.76. The Labute approximate surface area is 153 Å². The summed E-state index contributed by atoms with van der Waals surface area (Å²) in [4.78, 5) is 16.3. The summed E-state index contributed by atoms with van der Waals surface area (Å²) in [7, 11) is 0. The van der Waals surface area contributed by atoms with Crippen LogP contribution in [-0.4, -0.2) is 16.1 Å². The summed E-state index contributed by atoms with van der Waals surface area (Å²) in [5.74, 6) is 0.605. The third-order valence-electron chi connectivity index (χ3n) is 4.71. The highest BCUT2D eigenvalue weighted by molar-refractivity contribution is 6.04. The van der Waals surface area contributed by atoms with Gasteiger partial charge in [-0.1, -0.05) is 50.8 Å². The molecule has 136 valence electrons. The zero-order valence-corrected chi connectivity index (χ0v) is 15.4. The molecular weight excluding hydrogens is 326 g/mol. The van der Waals surface area contributed by atoms with Crippen LogP contribution in [0.5, 0.6) is 0 Å². The predicted octanol–water partition coefficient (Wildman–Crippen LogP) is 6.01.